The summed E-state index contributed by atoms with van der Waals surface area (Å²) in [5.74, 6) is 0.917. The standard InChI is InChI=1S/C12H14BrNO2/c13-11-4-1-3-9-7-10(16-12(9)11)8-14-5-2-6-15/h1,3-4,7,14-15H,2,5-6,8H2. The molecule has 0 aliphatic rings. The van der Waals surface area contributed by atoms with Gasteiger partial charge in [0.15, 0.2) is 0 Å². The minimum atomic E-state index is 0.221. The summed E-state index contributed by atoms with van der Waals surface area (Å²) in [6, 6.07) is 8.02. The summed E-state index contributed by atoms with van der Waals surface area (Å²) in [7, 11) is 0. The van der Waals surface area contributed by atoms with Gasteiger partial charge in [-0.25, -0.2) is 0 Å². The summed E-state index contributed by atoms with van der Waals surface area (Å²) < 4.78 is 6.69. The Kier molecular flexibility index (Phi) is 3.98. The molecule has 0 saturated heterocycles. The van der Waals surface area contributed by atoms with Crippen LogP contribution in [0.4, 0.5) is 0 Å². The Balaban J connectivity index is 2.05. The molecule has 0 saturated carbocycles. The predicted octanol–water partition coefficient (Wildman–Crippen LogP) is 2.67. The van der Waals surface area contributed by atoms with Gasteiger partial charge in [-0.3, -0.25) is 0 Å². The lowest BCUT2D eigenvalue weighted by Crippen LogP contribution is -2.15. The van der Waals surface area contributed by atoms with E-state index in [1.54, 1.807) is 0 Å². The highest BCUT2D eigenvalue weighted by Crippen LogP contribution is 2.26. The maximum atomic E-state index is 8.64. The molecule has 0 bridgehead atoms. The molecule has 86 valence electrons. The van der Waals surface area contributed by atoms with Gasteiger partial charge in [0.25, 0.3) is 0 Å². The average Bonchev–Trinajstić information content (AvgIpc) is 2.69. The van der Waals surface area contributed by atoms with Crippen molar-refractivity contribution < 1.29 is 9.52 Å². The molecule has 2 rings (SSSR count). The number of hydrogen-bond donors (Lipinski definition) is 2. The van der Waals surface area contributed by atoms with Crippen molar-refractivity contribution in [2.45, 2.75) is 13.0 Å². The number of nitrogens with one attached hydrogen (secondary N) is 1. The lowest BCUT2D eigenvalue weighted by Gasteiger charge is -1.99. The molecule has 2 aromatic rings. The third-order valence-corrected chi connectivity index (χ3v) is 2.98. The normalized spacial score (nSPS) is 11.1. The van der Waals surface area contributed by atoms with E-state index in [9.17, 15) is 0 Å². The smallest absolute Gasteiger partial charge is 0.148 e. The minimum Gasteiger partial charge on any atom is -0.459 e. The number of rotatable bonds is 5. The minimum absolute atomic E-state index is 0.221. The molecule has 0 amide bonds. The Labute approximate surface area is 103 Å². The number of para-hydroxylation sites is 1. The van der Waals surface area contributed by atoms with E-state index in [2.05, 4.69) is 21.2 Å². The van der Waals surface area contributed by atoms with E-state index < -0.39 is 0 Å². The number of benzene rings is 1. The molecule has 0 aliphatic carbocycles. The lowest BCUT2D eigenvalue weighted by atomic mass is 10.2. The number of furan rings is 1. The Morgan fingerprint density at radius 1 is 1.38 bits per heavy atom. The monoisotopic (exact) mass is 283 g/mol. The van der Waals surface area contributed by atoms with Crippen LogP contribution in [-0.4, -0.2) is 18.3 Å². The molecule has 0 radical (unpaired) electrons. The fraction of sp³-hybridized carbons (Fsp3) is 0.333. The largest absolute Gasteiger partial charge is 0.459 e. The van der Waals surface area contributed by atoms with Crippen LogP contribution in [0.1, 0.15) is 12.2 Å². The summed E-state index contributed by atoms with van der Waals surface area (Å²) in [4.78, 5) is 0. The third-order valence-electron chi connectivity index (χ3n) is 2.36. The molecule has 0 aliphatic heterocycles. The van der Waals surface area contributed by atoms with Crippen LogP contribution in [0.25, 0.3) is 11.0 Å². The first-order chi connectivity index (χ1) is 7.81. The number of fused-ring (bicyclic) bond motifs is 1. The van der Waals surface area contributed by atoms with Crippen molar-refractivity contribution in [3.05, 3.63) is 34.5 Å². The molecular weight excluding hydrogens is 270 g/mol. The zero-order valence-corrected chi connectivity index (χ0v) is 10.5. The summed E-state index contributed by atoms with van der Waals surface area (Å²) in [5, 5.41) is 13.0. The lowest BCUT2D eigenvalue weighted by molar-refractivity contribution is 0.285. The number of aliphatic hydroxyl groups excluding tert-OH is 1. The van der Waals surface area contributed by atoms with E-state index >= 15 is 0 Å². The number of hydrogen-bond acceptors (Lipinski definition) is 3. The highest BCUT2D eigenvalue weighted by atomic mass is 79.9. The van der Waals surface area contributed by atoms with Crippen LogP contribution >= 0.6 is 15.9 Å². The molecule has 4 heteroatoms. The zero-order valence-electron chi connectivity index (χ0n) is 8.87. The van der Waals surface area contributed by atoms with E-state index in [1.807, 2.05) is 24.3 Å². The highest BCUT2D eigenvalue weighted by Gasteiger charge is 2.05. The second kappa shape index (κ2) is 5.48. The first-order valence-corrected chi connectivity index (χ1v) is 6.09. The van der Waals surface area contributed by atoms with Crippen LogP contribution < -0.4 is 5.32 Å². The van der Waals surface area contributed by atoms with Crippen LogP contribution in [0.3, 0.4) is 0 Å². The van der Waals surface area contributed by atoms with Crippen molar-refractivity contribution in [2.24, 2.45) is 0 Å². The van der Waals surface area contributed by atoms with Gasteiger partial charge in [-0.15, -0.1) is 0 Å². The molecule has 0 spiro atoms. The van der Waals surface area contributed by atoms with Crippen LogP contribution in [0, 0.1) is 0 Å². The summed E-state index contributed by atoms with van der Waals surface area (Å²) >= 11 is 3.46. The first kappa shape index (κ1) is 11.6. The Morgan fingerprint density at radius 3 is 3.00 bits per heavy atom. The van der Waals surface area contributed by atoms with Gasteiger partial charge in [-0.1, -0.05) is 12.1 Å². The first-order valence-electron chi connectivity index (χ1n) is 5.30. The van der Waals surface area contributed by atoms with E-state index in [0.717, 1.165) is 34.2 Å². The van der Waals surface area contributed by atoms with Crippen molar-refractivity contribution in [1.82, 2.24) is 5.32 Å². The van der Waals surface area contributed by atoms with Gasteiger partial charge in [0.05, 0.1) is 11.0 Å². The van der Waals surface area contributed by atoms with Gasteiger partial charge in [-0.2, -0.15) is 0 Å². The van der Waals surface area contributed by atoms with Crippen LogP contribution in [0.15, 0.2) is 33.2 Å². The molecule has 0 unspecified atom stereocenters. The second-order valence-electron chi connectivity index (χ2n) is 3.62. The topological polar surface area (TPSA) is 45.4 Å². The Hall–Kier alpha value is -0.840. The van der Waals surface area contributed by atoms with E-state index in [1.165, 1.54) is 0 Å². The van der Waals surface area contributed by atoms with Gasteiger partial charge < -0.3 is 14.8 Å². The molecule has 1 aromatic carbocycles. The molecule has 0 atom stereocenters. The van der Waals surface area contributed by atoms with Crippen LogP contribution in [0.2, 0.25) is 0 Å². The van der Waals surface area contributed by atoms with E-state index in [-0.39, 0.29) is 6.61 Å². The maximum absolute atomic E-state index is 8.64. The van der Waals surface area contributed by atoms with Crippen molar-refractivity contribution >= 4 is 26.9 Å². The van der Waals surface area contributed by atoms with Gasteiger partial charge in [0.1, 0.15) is 11.3 Å². The van der Waals surface area contributed by atoms with E-state index in [0.29, 0.717) is 6.54 Å². The highest BCUT2D eigenvalue weighted by molar-refractivity contribution is 9.10. The molecule has 2 N–H and O–H groups in total. The molecule has 0 fully saturated rings. The molecule has 1 heterocycles. The average molecular weight is 284 g/mol. The third kappa shape index (κ3) is 2.64. The van der Waals surface area contributed by atoms with Crippen molar-refractivity contribution in [3.63, 3.8) is 0 Å². The van der Waals surface area contributed by atoms with Crippen molar-refractivity contribution in [1.29, 1.82) is 0 Å². The zero-order chi connectivity index (χ0) is 11.4. The predicted molar refractivity (Wildman–Crippen MR) is 67.3 cm³/mol. The van der Waals surface area contributed by atoms with Crippen LogP contribution in [-0.2, 0) is 6.54 Å². The molecular formula is C12H14BrNO2. The van der Waals surface area contributed by atoms with E-state index in [4.69, 9.17) is 9.52 Å². The number of aliphatic hydroxyl groups is 1. The van der Waals surface area contributed by atoms with Gasteiger partial charge >= 0.3 is 0 Å². The summed E-state index contributed by atoms with van der Waals surface area (Å²) in [5.41, 5.74) is 0.890. The van der Waals surface area contributed by atoms with Crippen molar-refractivity contribution in [3.8, 4) is 0 Å². The van der Waals surface area contributed by atoms with Gasteiger partial charge in [0.2, 0.25) is 0 Å². The quantitative estimate of drug-likeness (QED) is 0.830. The molecule has 3 nitrogen and oxygen atoms in total. The van der Waals surface area contributed by atoms with Crippen LogP contribution in [0.5, 0.6) is 0 Å². The fourth-order valence-electron chi connectivity index (χ4n) is 1.58. The van der Waals surface area contributed by atoms with Gasteiger partial charge in [0, 0.05) is 12.0 Å². The fourth-order valence-corrected chi connectivity index (χ4v) is 2.05. The van der Waals surface area contributed by atoms with Gasteiger partial charge in [-0.05, 0) is 41.0 Å². The molecule has 1 aromatic heterocycles. The molecule has 16 heavy (non-hydrogen) atoms. The second-order valence-corrected chi connectivity index (χ2v) is 4.48. The Bertz CT molecular complexity index is 467. The Morgan fingerprint density at radius 2 is 2.25 bits per heavy atom. The SMILES string of the molecule is OCCCNCc1cc2cccc(Br)c2o1. The summed E-state index contributed by atoms with van der Waals surface area (Å²) in [6.45, 7) is 1.72. The summed E-state index contributed by atoms with van der Waals surface area (Å²) in [6.07, 6.45) is 0.768. The number of halogens is 1. The maximum Gasteiger partial charge on any atom is 0.148 e. The van der Waals surface area contributed by atoms with Crippen molar-refractivity contribution in [2.75, 3.05) is 13.2 Å².